The molecule has 7 heteroatoms. The number of aromatic nitrogens is 3. The predicted octanol–water partition coefficient (Wildman–Crippen LogP) is 5.43. The Labute approximate surface area is 222 Å². The van der Waals surface area contributed by atoms with E-state index in [0.717, 1.165) is 74.8 Å². The summed E-state index contributed by atoms with van der Waals surface area (Å²) in [6.45, 7) is 13.2. The Balaban J connectivity index is 1.45. The molecule has 1 N–H and O–H groups in total. The van der Waals surface area contributed by atoms with Crippen LogP contribution in [0.4, 0.5) is 0 Å². The molecule has 0 atom stereocenters. The summed E-state index contributed by atoms with van der Waals surface area (Å²) < 4.78 is 12.1. The number of aliphatic hydroxyl groups excluding tert-OH is 1. The molecule has 1 saturated heterocycles. The second-order valence-electron chi connectivity index (χ2n) is 13.5. The summed E-state index contributed by atoms with van der Waals surface area (Å²) in [5, 5.41) is 11.0. The quantitative estimate of drug-likeness (QED) is 0.507. The molecular weight excluding hydrogens is 464 g/mol. The van der Waals surface area contributed by atoms with Crippen LogP contribution in [0, 0.1) is 5.41 Å². The smallest absolute Gasteiger partial charge is 0.224 e. The van der Waals surface area contributed by atoms with Gasteiger partial charge in [0.25, 0.3) is 0 Å². The Morgan fingerprint density at radius 3 is 2.27 bits per heavy atom. The van der Waals surface area contributed by atoms with Crippen LogP contribution in [0.25, 0.3) is 10.9 Å². The SMILES string of the molecule is COCCN1C(C)(C)CC(Oc2ncc(C3CCC(O)CC3)c3nc(CC4(C)CC4)ncc23)CC1(C)C. The van der Waals surface area contributed by atoms with Gasteiger partial charge in [-0.1, -0.05) is 6.92 Å². The molecule has 2 aliphatic carbocycles. The van der Waals surface area contributed by atoms with Crippen molar-refractivity contribution in [2.45, 2.75) is 122 Å². The predicted molar refractivity (Wildman–Crippen MR) is 146 cm³/mol. The van der Waals surface area contributed by atoms with Crippen molar-refractivity contribution >= 4 is 10.9 Å². The van der Waals surface area contributed by atoms with E-state index in [9.17, 15) is 5.11 Å². The highest BCUT2D eigenvalue weighted by molar-refractivity contribution is 5.85. The molecule has 2 aromatic rings. The van der Waals surface area contributed by atoms with E-state index in [2.05, 4.69) is 39.5 Å². The van der Waals surface area contributed by atoms with Gasteiger partial charge in [-0.15, -0.1) is 0 Å². The number of likely N-dealkylation sites (tertiary alicyclic amines) is 1. The fraction of sp³-hybridized carbons (Fsp3) is 0.767. The molecule has 0 spiro atoms. The van der Waals surface area contributed by atoms with Crippen LogP contribution in [0.2, 0.25) is 0 Å². The third kappa shape index (κ3) is 5.79. The number of nitrogens with zero attached hydrogens (tertiary/aromatic N) is 4. The molecule has 0 amide bonds. The summed E-state index contributed by atoms with van der Waals surface area (Å²) >= 11 is 0. The number of aliphatic hydroxyl groups is 1. The summed E-state index contributed by atoms with van der Waals surface area (Å²) in [6.07, 6.45) is 12.7. The first kappa shape index (κ1) is 26.8. The van der Waals surface area contributed by atoms with Gasteiger partial charge in [0.05, 0.1) is 23.6 Å². The van der Waals surface area contributed by atoms with Crippen molar-refractivity contribution in [3.05, 3.63) is 23.8 Å². The Bertz CT molecular complexity index is 1090. The van der Waals surface area contributed by atoms with E-state index in [0.29, 0.717) is 17.2 Å². The zero-order valence-corrected chi connectivity index (χ0v) is 23.7. The molecule has 1 aliphatic heterocycles. The lowest BCUT2D eigenvalue weighted by Crippen LogP contribution is -2.63. The van der Waals surface area contributed by atoms with Crippen LogP contribution in [0.1, 0.15) is 103 Å². The lowest BCUT2D eigenvalue weighted by molar-refractivity contribution is -0.0815. The highest BCUT2D eigenvalue weighted by Gasteiger charge is 2.46. The van der Waals surface area contributed by atoms with Crippen LogP contribution < -0.4 is 4.74 Å². The molecule has 0 aromatic carbocycles. The topological polar surface area (TPSA) is 80.6 Å². The summed E-state index contributed by atoms with van der Waals surface area (Å²) in [5.41, 5.74) is 2.49. The molecule has 7 nitrogen and oxygen atoms in total. The second kappa shape index (κ2) is 10.0. The third-order valence-electron chi connectivity index (χ3n) is 9.20. The van der Waals surface area contributed by atoms with Gasteiger partial charge < -0.3 is 14.6 Å². The molecular formula is C30H46N4O3. The van der Waals surface area contributed by atoms with E-state index in [-0.39, 0.29) is 23.3 Å². The Morgan fingerprint density at radius 1 is 0.973 bits per heavy atom. The zero-order valence-electron chi connectivity index (χ0n) is 23.7. The summed E-state index contributed by atoms with van der Waals surface area (Å²) in [5.74, 6) is 1.95. The Kier molecular flexibility index (Phi) is 7.27. The van der Waals surface area contributed by atoms with Crippen molar-refractivity contribution in [1.82, 2.24) is 19.9 Å². The minimum Gasteiger partial charge on any atom is -0.474 e. The molecule has 204 valence electrons. The average molecular weight is 511 g/mol. The molecule has 0 radical (unpaired) electrons. The van der Waals surface area contributed by atoms with Crippen LogP contribution >= 0.6 is 0 Å². The van der Waals surface area contributed by atoms with Crippen molar-refractivity contribution in [1.29, 1.82) is 0 Å². The van der Waals surface area contributed by atoms with Crippen LogP contribution in [-0.4, -0.2) is 68.5 Å². The highest BCUT2D eigenvalue weighted by atomic mass is 16.5. The van der Waals surface area contributed by atoms with Crippen LogP contribution in [-0.2, 0) is 11.2 Å². The minimum atomic E-state index is -0.181. The van der Waals surface area contributed by atoms with E-state index < -0.39 is 0 Å². The summed E-state index contributed by atoms with van der Waals surface area (Å²) in [6, 6.07) is 0. The largest absolute Gasteiger partial charge is 0.474 e. The van der Waals surface area contributed by atoms with E-state index in [4.69, 9.17) is 24.4 Å². The lowest BCUT2D eigenvalue weighted by Gasteiger charge is -2.55. The summed E-state index contributed by atoms with van der Waals surface area (Å²) in [7, 11) is 1.77. The zero-order chi connectivity index (χ0) is 26.4. The number of methoxy groups -OCH3 is 1. The minimum absolute atomic E-state index is 0.0208. The van der Waals surface area contributed by atoms with Gasteiger partial charge >= 0.3 is 0 Å². The molecule has 3 heterocycles. The normalized spacial score (nSPS) is 27.3. The maximum atomic E-state index is 10.1. The van der Waals surface area contributed by atoms with Crippen molar-refractivity contribution < 1.29 is 14.6 Å². The van der Waals surface area contributed by atoms with Crippen molar-refractivity contribution in [2.75, 3.05) is 20.3 Å². The number of ether oxygens (including phenoxy) is 2. The molecule has 37 heavy (non-hydrogen) atoms. The van der Waals surface area contributed by atoms with E-state index in [1.165, 1.54) is 18.4 Å². The number of pyridine rings is 1. The van der Waals surface area contributed by atoms with Gasteiger partial charge in [-0.3, -0.25) is 4.90 Å². The number of fused-ring (bicyclic) bond motifs is 1. The third-order valence-corrected chi connectivity index (χ3v) is 9.20. The molecule has 2 saturated carbocycles. The van der Waals surface area contributed by atoms with Gasteiger partial charge in [-0.2, -0.15) is 0 Å². The molecule has 3 fully saturated rings. The van der Waals surface area contributed by atoms with Gasteiger partial charge in [-0.25, -0.2) is 15.0 Å². The number of hydrogen-bond donors (Lipinski definition) is 1. The van der Waals surface area contributed by atoms with Gasteiger partial charge in [0.15, 0.2) is 0 Å². The number of hydrogen-bond acceptors (Lipinski definition) is 7. The number of piperidine rings is 1. The van der Waals surface area contributed by atoms with E-state index in [1.807, 2.05) is 12.4 Å². The Morgan fingerprint density at radius 2 is 1.65 bits per heavy atom. The maximum Gasteiger partial charge on any atom is 0.224 e. The van der Waals surface area contributed by atoms with Crippen molar-refractivity contribution in [3.63, 3.8) is 0 Å². The van der Waals surface area contributed by atoms with Crippen LogP contribution in [0.3, 0.4) is 0 Å². The van der Waals surface area contributed by atoms with Gasteiger partial charge in [0, 0.05) is 62.0 Å². The van der Waals surface area contributed by atoms with Crippen molar-refractivity contribution in [3.8, 4) is 5.88 Å². The van der Waals surface area contributed by atoms with Crippen LogP contribution in [0.15, 0.2) is 12.4 Å². The molecule has 0 bridgehead atoms. The van der Waals surface area contributed by atoms with E-state index in [1.54, 1.807) is 7.11 Å². The van der Waals surface area contributed by atoms with Crippen molar-refractivity contribution in [2.24, 2.45) is 5.41 Å². The first-order valence-corrected chi connectivity index (χ1v) is 14.3. The average Bonchev–Trinajstić information content (AvgIpc) is 3.55. The molecule has 2 aromatic heterocycles. The van der Waals surface area contributed by atoms with Gasteiger partial charge in [0.2, 0.25) is 5.88 Å². The van der Waals surface area contributed by atoms with E-state index >= 15 is 0 Å². The fourth-order valence-electron chi connectivity index (χ4n) is 6.95. The first-order chi connectivity index (χ1) is 17.5. The maximum absolute atomic E-state index is 10.1. The molecule has 0 unspecified atom stereocenters. The highest BCUT2D eigenvalue weighted by Crippen LogP contribution is 2.47. The standard InChI is InChI=1S/C30H46N4O3/c1-28(2)15-22(16-29(3,4)34(28)13-14-36-6)37-27-24-19-31-25(17-30(5)11-12-30)33-26(24)23(18-32-27)20-7-9-21(35)10-8-20/h18-22,35H,7-17H2,1-6H3. The Hall–Kier alpha value is -1.83. The second-order valence-corrected chi connectivity index (χ2v) is 13.5. The summed E-state index contributed by atoms with van der Waals surface area (Å²) in [4.78, 5) is 17.4. The number of rotatable bonds is 8. The molecule has 5 rings (SSSR count). The fourth-order valence-corrected chi connectivity index (χ4v) is 6.95. The van der Waals surface area contributed by atoms with Crippen LogP contribution in [0.5, 0.6) is 5.88 Å². The lowest BCUT2D eigenvalue weighted by atomic mass is 9.78. The monoisotopic (exact) mass is 510 g/mol. The first-order valence-electron chi connectivity index (χ1n) is 14.3. The van der Waals surface area contributed by atoms with Gasteiger partial charge in [0.1, 0.15) is 11.9 Å². The molecule has 3 aliphatic rings. The van der Waals surface area contributed by atoms with Gasteiger partial charge in [-0.05, 0) is 77.6 Å².